The second-order valence-electron chi connectivity index (χ2n) is 5.27. The van der Waals surface area contributed by atoms with Crippen LogP contribution in [0.5, 0.6) is 0 Å². The second kappa shape index (κ2) is 4.90. The van der Waals surface area contributed by atoms with Crippen molar-refractivity contribution in [2.75, 3.05) is 0 Å². The Bertz CT molecular complexity index is 601. The molecule has 0 bridgehead atoms. The first-order chi connectivity index (χ1) is 8.84. The number of rotatable bonds is 2. The van der Waals surface area contributed by atoms with Gasteiger partial charge < -0.3 is 10.3 Å². The predicted molar refractivity (Wildman–Crippen MR) is 73.3 cm³/mol. The molecule has 1 aromatic heterocycles. The van der Waals surface area contributed by atoms with E-state index in [1.807, 2.05) is 25.3 Å². The number of halogens is 2. The fraction of sp³-hybridized carbons (Fsp3) is 0.385. The molecule has 19 heavy (non-hydrogen) atoms. The Balaban J connectivity index is 2.66. The maximum absolute atomic E-state index is 14.0. The predicted octanol–water partition coefficient (Wildman–Crippen LogP) is 2.95. The van der Waals surface area contributed by atoms with E-state index in [2.05, 4.69) is 10.2 Å². The third-order valence-electron chi connectivity index (χ3n) is 2.76. The summed E-state index contributed by atoms with van der Waals surface area (Å²) in [6.45, 7) is 6.23. The Morgan fingerprint density at radius 2 is 2.00 bits per heavy atom. The van der Waals surface area contributed by atoms with Crippen LogP contribution in [0.15, 0.2) is 18.2 Å². The van der Waals surface area contributed by atoms with Crippen molar-refractivity contribution in [3.8, 4) is 11.4 Å². The first-order valence-electron chi connectivity index (χ1n) is 5.95. The minimum Gasteiger partial charge on any atom is -0.324 e. The second-order valence-corrected chi connectivity index (χ2v) is 5.71. The minimum absolute atomic E-state index is 0.249. The van der Waals surface area contributed by atoms with Crippen LogP contribution in [0, 0.1) is 5.82 Å². The molecule has 2 aromatic rings. The molecule has 2 N–H and O–H groups in total. The van der Waals surface area contributed by atoms with Crippen molar-refractivity contribution in [1.82, 2.24) is 14.8 Å². The molecule has 6 heteroatoms. The molecule has 0 spiro atoms. The lowest BCUT2D eigenvalue weighted by molar-refractivity contribution is 0.386. The topological polar surface area (TPSA) is 56.7 Å². The summed E-state index contributed by atoms with van der Waals surface area (Å²) in [7, 11) is 0. The summed E-state index contributed by atoms with van der Waals surface area (Å²) in [6, 6.07) is 4.49. The van der Waals surface area contributed by atoms with E-state index >= 15 is 0 Å². The van der Waals surface area contributed by atoms with Crippen molar-refractivity contribution in [3.05, 3.63) is 34.9 Å². The third kappa shape index (κ3) is 2.62. The lowest BCUT2D eigenvalue weighted by Crippen LogP contribution is -2.26. The zero-order chi connectivity index (χ0) is 14.2. The molecule has 4 nitrogen and oxygen atoms in total. The summed E-state index contributed by atoms with van der Waals surface area (Å²) < 4.78 is 15.9. The van der Waals surface area contributed by atoms with Crippen LogP contribution in [0.25, 0.3) is 11.4 Å². The molecule has 0 saturated carbocycles. The molecule has 0 aliphatic carbocycles. The van der Waals surface area contributed by atoms with Crippen LogP contribution < -0.4 is 5.73 Å². The lowest BCUT2D eigenvalue weighted by Gasteiger charge is -2.24. The highest BCUT2D eigenvalue weighted by molar-refractivity contribution is 6.30. The number of benzene rings is 1. The largest absolute Gasteiger partial charge is 0.324 e. The van der Waals surface area contributed by atoms with E-state index < -0.39 is 5.82 Å². The quantitative estimate of drug-likeness (QED) is 0.921. The van der Waals surface area contributed by atoms with Gasteiger partial charge in [-0.15, -0.1) is 10.2 Å². The Hall–Kier alpha value is -1.46. The van der Waals surface area contributed by atoms with Crippen LogP contribution in [0.3, 0.4) is 0 Å². The van der Waals surface area contributed by atoms with Gasteiger partial charge >= 0.3 is 0 Å². The highest BCUT2D eigenvalue weighted by Crippen LogP contribution is 2.29. The first-order valence-corrected chi connectivity index (χ1v) is 6.32. The fourth-order valence-corrected chi connectivity index (χ4v) is 2.16. The van der Waals surface area contributed by atoms with Gasteiger partial charge in [0, 0.05) is 10.6 Å². The van der Waals surface area contributed by atoms with Crippen LogP contribution >= 0.6 is 11.6 Å². The number of aromatic nitrogens is 3. The van der Waals surface area contributed by atoms with E-state index in [-0.39, 0.29) is 12.1 Å². The van der Waals surface area contributed by atoms with Crippen molar-refractivity contribution < 1.29 is 4.39 Å². The van der Waals surface area contributed by atoms with Gasteiger partial charge in [0.15, 0.2) is 5.82 Å². The van der Waals surface area contributed by atoms with E-state index in [9.17, 15) is 4.39 Å². The summed E-state index contributed by atoms with van der Waals surface area (Å²) in [4.78, 5) is 0. The van der Waals surface area contributed by atoms with Crippen molar-refractivity contribution >= 4 is 11.6 Å². The zero-order valence-electron chi connectivity index (χ0n) is 11.1. The van der Waals surface area contributed by atoms with Gasteiger partial charge in [-0.25, -0.2) is 4.39 Å². The molecule has 0 fully saturated rings. The van der Waals surface area contributed by atoms with Gasteiger partial charge in [-0.1, -0.05) is 11.6 Å². The number of hydrogen-bond donors (Lipinski definition) is 1. The Kier molecular flexibility index (Phi) is 3.60. The van der Waals surface area contributed by atoms with Crippen molar-refractivity contribution in [3.63, 3.8) is 0 Å². The van der Waals surface area contributed by atoms with Gasteiger partial charge in [-0.05, 0) is 39.0 Å². The molecule has 0 amide bonds. The van der Waals surface area contributed by atoms with E-state index in [1.165, 1.54) is 6.07 Å². The maximum atomic E-state index is 14.0. The standard InChI is InChI=1S/C13H16ClFN4/c1-13(2,3)19-11(7-16)17-18-12(19)9-5-4-8(14)6-10(9)15/h4-6H,7,16H2,1-3H3. The minimum atomic E-state index is -0.422. The molecular formula is C13H16ClFN4. The van der Waals surface area contributed by atoms with Gasteiger partial charge in [0.1, 0.15) is 11.6 Å². The SMILES string of the molecule is CC(C)(C)n1c(CN)nnc1-c1ccc(Cl)cc1F. The van der Waals surface area contributed by atoms with Crippen molar-refractivity contribution in [2.24, 2.45) is 5.73 Å². The molecular weight excluding hydrogens is 267 g/mol. The first kappa shape index (κ1) is 14.0. The maximum Gasteiger partial charge on any atom is 0.167 e. The van der Waals surface area contributed by atoms with Crippen LogP contribution in [0.4, 0.5) is 4.39 Å². The summed E-state index contributed by atoms with van der Waals surface area (Å²) in [5.74, 6) is 0.660. The van der Waals surface area contributed by atoms with Crippen LogP contribution in [-0.4, -0.2) is 14.8 Å². The van der Waals surface area contributed by atoms with E-state index in [4.69, 9.17) is 17.3 Å². The summed E-state index contributed by atoms with van der Waals surface area (Å²) >= 11 is 5.76. The molecule has 102 valence electrons. The van der Waals surface area contributed by atoms with Gasteiger partial charge in [0.25, 0.3) is 0 Å². The van der Waals surface area contributed by atoms with Crippen LogP contribution in [0.1, 0.15) is 26.6 Å². The van der Waals surface area contributed by atoms with Crippen molar-refractivity contribution in [2.45, 2.75) is 32.9 Å². The Morgan fingerprint density at radius 3 is 2.53 bits per heavy atom. The molecule has 1 heterocycles. The third-order valence-corrected chi connectivity index (χ3v) is 2.99. The molecule has 2 rings (SSSR count). The number of nitrogens with zero attached hydrogens (tertiary/aromatic N) is 3. The lowest BCUT2D eigenvalue weighted by atomic mass is 10.1. The highest BCUT2D eigenvalue weighted by atomic mass is 35.5. The number of nitrogens with two attached hydrogens (primary N) is 1. The van der Waals surface area contributed by atoms with Gasteiger partial charge in [0.05, 0.1) is 12.1 Å². The van der Waals surface area contributed by atoms with Gasteiger partial charge in [-0.2, -0.15) is 0 Å². The van der Waals surface area contributed by atoms with Crippen molar-refractivity contribution in [1.29, 1.82) is 0 Å². The van der Waals surface area contributed by atoms with E-state index in [0.29, 0.717) is 22.2 Å². The highest BCUT2D eigenvalue weighted by Gasteiger charge is 2.24. The molecule has 0 aliphatic rings. The summed E-state index contributed by atoms with van der Waals surface area (Å²) in [5, 5.41) is 8.44. The molecule has 1 aromatic carbocycles. The summed E-state index contributed by atoms with van der Waals surface area (Å²) in [6.07, 6.45) is 0. The molecule has 0 radical (unpaired) electrons. The summed E-state index contributed by atoms with van der Waals surface area (Å²) in [5.41, 5.74) is 5.74. The molecule has 0 unspecified atom stereocenters. The zero-order valence-corrected chi connectivity index (χ0v) is 11.9. The van der Waals surface area contributed by atoms with Crippen LogP contribution in [-0.2, 0) is 12.1 Å². The fourth-order valence-electron chi connectivity index (χ4n) is 2.00. The average molecular weight is 283 g/mol. The number of hydrogen-bond acceptors (Lipinski definition) is 3. The normalized spacial score (nSPS) is 11.9. The Morgan fingerprint density at radius 1 is 1.32 bits per heavy atom. The van der Waals surface area contributed by atoms with Gasteiger partial charge in [-0.3, -0.25) is 0 Å². The van der Waals surface area contributed by atoms with Crippen LogP contribution in [0.2, 0.25) is 5.02 Å². The molecule has 0 atom stereocenters. The van der Waals surface area contributed by atoms with Gasteiger partial charge in [0.2, 0.25) is 0 Å². The monoisotopic (exact) mass is 282 g/mol. The average Bonchev–Trinajstić information content (AvgIpc) is 2.72. The van der Waals surface area contributed by atoms with E-state index in [0.717, 1.165) is 0 Å². The Labute approximate surface area is 116 Å². The smallest absolute Gasteiger partial charge is 0.167 e. The van der Waals surface area contributed by atoms with E-state index in [1.54, 1.807) is 12.1 Å². The molecule has 0 saturated heterocycles. The molecule has 0 aliphatic heterocycles.